The van der Waals surface area contributed by atoms with Crippen LogP contribution >= 0.6 is 66.1 Å². The number of benzene rings is 2. The van der Waals surface area contributed by atoms with Gasteiger partial charge in [0.05, 0.1) is 5.38 Å². The second-order valence-electron chi connectivity index (χ2n) is 3.58. The SMILES string of the molecule is ClC(c1ccc(I)cc1)c1cc(Br)ccc1Br. The molecule has 0 aliphatic heterocycles. The van der Waals surface area contributed by atoms with E-state index in [1.165, 1.54) is 3.57 Å². The van der Waals surface area contributed by atoms with Crippen LogP contribution < -0.4 is 0 Å². The lowest BCUT2D eigenvalue weighted by Gasteiger charge is -2.13. The summed E-state index contributed by atoms with van der Waals surface area (Å²) < 4.78 is 3.27. The predicted octanol–water partition coefficient (Wildman–Crippen LogP) is 6.14. The number of hydrogen-bond donors (Lipinski definition) is 0. The van der Waals surface area contributed by atoms with Gasteiger partial charge in [0.25, 0.3) is 0 Å². The summed E-state index contributed by atoms with van der Waals surface area (Å²) in [6.07, 6.45) is 0. The van der Waals surface area contributed by atoms with Crippen LogP contribution in [0.5, 0.6) is 0 Å². The van der Waals surface area contributed by atoms with Crippen LogP contribution in [0.1, 0.15) is 16.5 Å². The van der Waals surface area contributed by atoms with Gasteiger partial charge in [-0.15, -0.1) is 11.6 Å². The molecular weight excluding hydrogens is 478 g/mol. The van der Waals surface area contributed by atoms with Crippen molar-refractivity contribution in [2.45, 2.75) is 5.38 Å². The molecule has 0 aliphatic rings. The van der Waals surface area contributed by atoms with Gasteiger partial charge in [-0.25, -0.2) is 0 Å². The summed E-state index contributed by atoms with van der Waals surface area (Å²) in [4.78, 5) is 0. The predicted molar refractivity (Wildman–Crippen MR) is 88.7 cm³/mol. The molecule has 1 atom stereocenters. The van der Waals surface area contributed by atoms with E-state index in [1.54, 1.807) is 0 Å². The third-order valence-electron chi connectivity index (χ3n) is 2.39. The minimum Gasteiger partial charge on any atom is -0.113 e. The molecule has 2 aromatic carbocycles. The molecule has 0 heterocycles. The highest BCUT2D eigenvalue weighted by atomic mass is 127. The van der Waals surface area contributed by atoms with Crippen molar-refractivity contribution >= 4 is 66.1 Å². The van der Waals surface area contributed by atoms with Crippen LogP contribution in [0.3, 0.4) is 0 Å². The van der Waals surface area contributed by atoms with Crippen LogP contribution in [0.15, 0.2) is 51.4 Å². The second-order valence-corrected chi connectivity index (χ2v) is 7.03. The Hall–Kier alpha value is 0.420. The fraction of sp³-hybridized carbons (Fsp3) is 0.0769. The number of alkyl halides is 1. The van der Waals surface area contributed by atoms with Gasteiger partial charge >= 0.3 is 0 Å². The highest BCUT2D eigenvalue weighted by Gasteiger charge is 2.14. The zero-order valence-electron chi connectivity index (χ0n) is 8.63. The standard InChI is InChI=1S/C13H8Br2ClI/c14-9-3-6-12(15)11(7-9)13(16)8-1-4-10(17)5-2-8/h1-7,13H. The molecule has 17 heavy (non-hydrogen) atoms. The topological polar surface area (TPSA) is 0 Å². The molecular formula is C13H8Br2ClI. The van der Waals surface area contributed by atoms with Crippen molar-refractivity contribution in [1.82, 2.24) is 0 Å². The van der Waals surface area contributed by atoms with Gasteiger partial charge in [-0.1, -0.05) is 44.0 Å². The smallest absolute Gasteiger partial charge is 0.0846 e. The van der Waals surface area contributed by atoms with Gasteiger partial charge in [-0.3, -0.25) is 0 Å². The summed E-state index contributed by atoms with van der Waals surface area (Å²) in [5.41, 5.74) is 2.17. The normalized spacial score (nSPS) is 12.5. The van der Waals surface area contributed by atoms with Crippen molar-refractivity contribution in [2.75, 3.05) is 0 Å². The third kappa shape index (κ3) is 3.46. The van der Waals surface area contributed by atoms with E-state index in [2.05, 4.69) is 78.7 Å². The Labute approximate surface area is 136 Å². The molecule has 0 bridgehead atoms. The molecule has 0 N–H and O–H groups in total. The molecule has 0 nitrogen and oxygen atoms in total. The van der Waals surface area contributed by atoms with Crippen LogP contribution in [0.4, 0.5) is 0 Å². The first-order valence-corrected chi connectivity index (χ1v) is 8.02. The average molecular weight is 486 g/mol. The van der Waals surface area contributed by atoms with Crippen LogP contribution in [0.25, 0.3) is 0 Å². The van der Waals surface area contributed by atoms with E-state index in [-0.39, 0.29) is 5.38 Å². The molecule has 0 saturated carbocycles. The Kier molecular flexibility index (Phi) is 4.92. The lowest BCUT2D eigenvalue weighted by atomic mass is 10.0. The van der Waals surface area contributed by atoms with Crippen LogP contribution in [-0.4, -0.2) is 0 Å². The minimum absolute atomic E-state index is 0.140. The van der Waals surface area contributed by atoms with E-state index >= 15 is 0 Å². The van der Waals surface area contributed by atoms with Gasteiger partial charge in [0.2, 0.25) is 0 Å². The molecule has 88 valence electrons. The quantitative estimate of drug-likeness (QED) is 0.353. The zero-order chi connectivity index (χ0) is 12.4. The van der Waals surface area contributed by atoms with Crippen LogP contribution in [-0.2, 0) is 0 Å². The zero-order valence-corrected chi connectivity index (χ0v) is 14.7. The molecule has 4 heteroatoms. The Morgan fingerprint density at radius 1 is 1.00 bits per heavy atom. The first-order valence-electron chi connectivity index (χ1n) is 4.92. The summed E-state index contributed by atoms with van der Waals surface area (Å²) >= 11 is 15.8. The van der Waals surface area contributed by atoms with Crippen LogP contribution in [0, 0.1) is 3.57 Å². The molecule has 0 aliphatic carbocycles. The van der Waals surface area contributed by atoms with E-state index < -0.39 is 0 Å². The summed E-state index contributed by atoms with van der Waals surface area (Å²) in [6, 6.07) is 14.3. The fourth-order valence-corrected chi connectivity index (χ4v) is 3.19. The molecule has 0 aromatic heterocycles. The highest BCUT2D eigenvalue weighted by molar-refractivity contribution is 14.1. The fourth-order valence-electron chi connectivity index (χ4n) is 1.52. The molecule has 2 aromatic rings. The molecule has 1 unspecified atom stereocenters. The number of halogens is 4. The maximum absolute atomic E-state index is 6.51. The lowest BCUT2D eigenvalue weighted by Crippen LogP contribution is -1.94. The second kappa shape index (κ2) is 6.04. The third-order valence-corrected chi connectivity index (χ3v) is 4.82. The van der Waals surface area contributed by atoms with Crippen molar-refractivity contribution in [2.24, 2.45) is 0 Å². The Morgan fingerprint density at radius 3 is 2.29 bits per heavy atom. The molecule has 0 saturated heterocycles. The van der Waals surface area contributed by atoms with Gasteiger partial charge in [0.1, 0.15) is 0 Å². The van der Waals surface area contributed by atoms with Crippen LogP contribution in [0.2, 0.25) is 0 Å². The van der Waals surface area contributed by atoms with Gasteiger partial charge in [0, 0.05) is 12.5 Å². The van der Waals surface area contributed by atoms with E-state index in [0.29, 0.717) is 0 Å². The van der Waals surface area contributed by atoms with Gasteiger partial charge in [-0.05, 0) is 64.0 Å². The largest absolute Gasteiger partial charge is 0.113 e. The van der Waals surface area contributed by atoms with Crippen molar-refractivity contribution < 1.29 is 0 Å². The number of hydrogen-bond acceptors (Lipinski definition) is 0. The number of rotatable bonds is 2. The van der Waals surface area contributed by atoms with Crippen molar-refractivity contribution in [3.63, 3.8) is 0 Å². The maximum atomic E-state index is 6.51. The molecule has 2 rings (SSSR count). The van der Waals surface area contributed by atoms with Gasteiger partial charge in [0.15, 0.2) is 0 Å². The summed E-state index contributed by atoms with van der Waals surface area (Å²) in [5, 5.41) is -0.140. The summed E-state index contributed by atoms with van der Waals surface area (Å²) in [7, 11) is 0. The highest BCUT2D eigenvalue weighted by Crippen LogP contribution is 2.35. The maximum Gasteiger partial charge on any atom is 0.0846 e. The minimum atomic E-state index is -0.140. The van der Waals surface area contributed by atoms with Crippen molar-refractivity contribution in [3.8, 4) is 0 Å². The summed E-state index contributed by atoms with van der Waals surface area (Å²) in [5.74, 6) is 0. The first kappa shape index (κ1) is 13.8. The van der Waals surface area contributed by atoms with Gasteiger partial charge < -0.3 is 0 Å². The monoisotopic (exact) mass is 484 g/mol. The van der Waals surface area contributed by atoms with E-state index in [1.807, 2.05) is 18.2 Å². The van der Waals surface area contributed by atoms with E-state index in [9.17, 15) is 0 Å². The average Bonchev–Trinajstić information content (AvgIpc) is 2.32. The molecule has 0 amide bonds. The molecule has 0 fully saturated rings. The Balaban J connectivity index is 2.39. The Bertz CT molecular complexity index is 525. The molecule has 0 spiro atoms. The lowest BCUT2D eigenvalue weighted by molar-refractivity contribution is 1.12. The van der Waals surface area contributed by atoms with Crippen molar-refractivity contribution in [3.05, 3.63) is 66.1 Å². The first-order chi connectivity index (χ1) is 8.08. The van der Waals surface area contributed by atoms with Crippen molar-refractivity contribution in [1.29, 1.82) is 0 Å². The summed E-state index contributed by atoms with van der Waals surface area (Å²) in [6.45, 7) is 0. The van der Waals surface area contributed by atoms with Gasteiger partial charge in [-0.2, -0.15) is 0 Å². The van der Waals surface area contributed by atoms with E-state index in [0.717, 1.165) is 20.1 Å². The molecule has 0 radical (unpaired) electrons. The Morgan fingerprint density at radius 2 is 1.65 bits per heavy atom. The van der Waals surface area contributed by atoms with E-state index in [4.69, 9.17) is 11.6 Å².